The van der Waals surface area contributed by atoms with Gasteiger partial charge in [0, 0.05) is 36.1 Å². The van der Waals surface area contributed by atoms with Crippen LogP contribution < -0.4 is 5.32 Å². The van der Waals surface area contributed by atoms with Gasteiger partial charge in [0.15, 0.2) is 0 Å². The van der Waals surface area contributed by atoms with Crippen LogP contribution in [-0.2, 0) is 6.42 Å². The highest BCUT2D eigenvalue weighted by Gasteiger charge is 2.45. The van der Waals surface area contributed by atoms with Crippen molar-refractivity contribution in [2.75, 3.05) is 19.6 Å². The zero-order chi connectivity index (χ0) is 14.9. The summed E-state index contributed by atoms with van der Waals surface area (Å²) in [5, 5.41) is 6.10. The predicted molar refractivity (Wildman–Crippen MR) is 92.0 cm³/mol. The van der Waals surface area contributed by atoms with Crippen LogP contribution in [0.5, 0.6) is 0 Å². The summed E-state index contributed by atoms with van der Waals surface area (Å²) in [6.07, 6.45) is 5.39. The van der Waals surface area contributed by atoms with Crippen molar-refractivity contribution < 1.29 is 0 Å². The van der Waals surface area contributed by atoms with E-state index in [0.29, 0.717) is 5.54 Å². The lowest BCUT2D eigenvalue weighted by molar-refractivity contribution is 0.0655. The largest absolute Gasteiger partial charge is 0.308 e. The number of nitrogens with one attached hydrogen (secondary N) is 1. The minimum absolute atomic E-state index is 0.364. The van der Waals surface area contributed by atoms with E-state index in [2.05, 4.69) is 48.5 Å². The van der Waals surface area contributed by atoms with Crippen LogP contribution in [-0.4, -0.2) is 36.1 Å². The Kier molecular flexibility index (Phi) is 4.72. The Morgan fingerprint density at radius 2 is 2.24 bits per heavy atom. The van der Waals surface area contributed by atoms with Gasteiger partial charge >= 0.3 is 0 Å². The van der Waals surface area contributed by atoms with Crippen molar-refractivity contribution in [3.05, 3.63) is 22.4 Å². The van der Waals surface area contributed by atoms with Gasteiger partial charge in [0.25, 0.3) is 0 Å². The molecule has 2 fully saturated rings. The van der Waals surface area contributed by atoms with Crippen LogP contribution in [0.2, 0.25) is 0 Å². The molecule has 0 radical (unpaired) electrons. The number of hydrogen-bond donors (Lipinski definition) is 1. The van der Waals surface area contributed by atoms with E-state index in [0.717, 1.165) is 17.9 Å². The number of rotatable bonds is 6. The first-order chi connectivity index (χ1) is 10.1. The summed E-state index contributed by atoms with van der Waals surface area (Å²) < 4.78 is 0. The van der Waals surface area contributed by atoms with Crippen LogP contribution >= 0.6 is 11.3 Å². The van der Waals surface area contributed by atoms with E-state index in [1.165, 1.54) is 50.2 Å². The highest BCUT2D eigenvalue weighted by Crippen LogP contribution is 2.41. The van der Waals surface area contributed by atoms with Crippen LogP contribution in [0.4, 0.5) is 0 Å². The third kappa shape index (κ3) is 3.88. The van der Waals surface area contributed by atoms with E-state index in [-0.39, 0.29) is 0 Å². The summed E-state index contributed by atoms with van der Waals surface area (Å²) in [7, 11) is 0. The highest BCUT2D eigenvalue weighted by molar-refractivity contribution is 7.09. The van der Waals surface area contributed by atoms with E-state index in [9.17, 15) is 0 Å². The minimum atomic E-state index is 0.364. The van der Waals surface area contributed by atoms with E-state index < -0.39 is 0 Å². The fraction of sp³-hybridized carbons (Fsp3) is 0.778. The summed E-state index contributed by atoms with van der Waals surface area (Å²) in [5.74, 6) is 1.70. The van der Waals surface area contributed by atoms with Crippen LogP contribution in [0.3, 0.4) is 0 Å². The molecule has 1 aliphatic heterocycles. The molecule has 3 rings (SSSR count). The Labute approximate surface area is 133 Å². The quantitative estimate of drug-likeness (QED) is 0.860. The van der Waals surface area contributed by atoms with Crippen molar-refractivity contribution in [2.45, 2.75) is 58.0 Å². The number of nitrogens with zero attached hydrogens (tertiary/aromatic N) is 1. The first kappa shape index (κ1) is 15.5. The molecular formula is C18H30N2S. The van der Waals surface area contributed by atoms with Crippen molar-refractivity contribution >= 4 is 11.3 Å². The Hall–Kier alpha value is -0.380. The average molecular weight is 307 g/mol. The van der Waals surface area contributed by atoms with Gasteiger partial charge in [-0.3, -0.25) is 4.90 Å². The van der Waals surface area contributed by atoms with Gasteiger partial charge in [-0.25, -0.2) is 0 Å². The van der Waals surface area contributed by atoms with E-state index in [1.807, 2.05) is 11.3 Å². The fourth-order valence-electron chi connectivity index (χ4n) is 3.83. The second-order valence-electron chi connectivity index (χ2n) is 7.66. The zero-order valence-electron chi connectivity index (χ0n) is 13.8. The third-order valence-electron chi connectivity index (χ3n) is 5.24. The summed E-state index contributed by atoms with van der Waals surface area (Å²) in [5.41, 5.74) is 0.364. The van der Waals surface area contributed by atoms with Crippen molar-refractivity contribution in [3.63, 3.8) is 0 Å². The highest BCUT2D eigenvalue weighted by atomic mass is 32.1. The van der Waals surface area contributed by atoms with E-state index >= 15 is 0 Å². The minimum Gasteiger partial charge on any atom is -0.308 e. The lowest BCUT2D eigenvalue weighted by atomic mass is 9.88. The molecule has 0 bridgehead atoms. The van der Waals surface area contributed by atoms with Crippen molar-refractivity contribution in [2.24, 2.45) is 11.8 Å². The van der Waals surface area contributed by atoms with Gasteiger partial charge < -0.3 is 5.32 Å². The first-order valence-corrected chi connectivity index (χ1v) is 9.46. The molecule has 3 heteroatoms. The molecule has 1 N–H and O–H groups in total. The first-order valence-electron chi connectivity index (χ1n) is 8.58. The summed E-state index contributed by atoms with van der Waals surface area (Å²) >= 11 is 1.90. The van der Waals surface area contributed by atoms with Gasteiger partial charge in [-0.2, -0.15) is 0 Å². The maximum Gasteiger partial charge on any atom is 0.0309 e. The molecule has 2 aliphatic rings. The average Bonchev–Trinajstić information content (AvgIpc) is 3.18. The Bertz CT molecular complexity index is 438. The molecule has 1 saturated heterocycles. The lowest BCUT2D eigenvalue weighted by Gasteiger charge is -2.47. The lowest BCUT2D eigenvalue weighted by Crippen LogP contribution is -2.64. The maximum atomic E-state index is 3.90. The fourth-order valence-corrected chi connectivity index (χ4v) is 4.53. The number of piperazine rings is 1. The van der Waals surface area contributed by atoms with Gasteiger partial charge in [-0.1, -0.05) is 19.9 Å². The van der Waals surface area contributed by atoms with Gasteiger partial charge in [0.1, 0.15) is 0 Å². The van der Waals surface area contributed by atoms with Gasteiger partial charge in [0.05, 0.1) is 0 Å². The molecule has 1 aromatic heterocycles. The molecule has 1 saturated carbocycles. The molecule has 118 valence electrons. The molecule has 1 aromatic rings. The molecule has 0 aromatic carbocycles. The predicted octanol–water partition coefficient (Wildman–Crippen LogP) is 3.78. The molecular weight excluding hydrogens is 276 g/mol. The second kappa shape index (κ2) is 6.39. The molecule has 0 spiro atoms. The second-order valence-corrected chi connectivity index (χ2v) is 8.69. The molecule has 2 unspecified atom stereocenters. The Morgan fingerprint density at radius 3 is 2.86 bits per heavy atom. The van der Waals surface area contributed by atoms with Crippen molar-refractivity contribution in [3.8, 4) is 0 Å². The summed E-state index contributed by atoms with van der Waals surface area (Å²) in [4.78, 5) is 4.32. The smallest absolute Gasteiger partial charge is 0.0309 e. The molecule has 2 heterocycles. The van der Waals surface area contributed by atoms with Gasteiger partial charge in [-0.05, 0) is 55.9 Å². The molecule has 0 amide bonds. The normalized spacial score (nSPS) is 31.0. The number of hydrogen-bond acceptors (Lipinski definition) is 3. The molecule has 2 atom stereocenters. The summed E-state index contributed by atoms with van der Waals surface area (Å²) in [6.45, 7) is 10.8. The van der Waals surface area contributed by atoms with E-state index in [4.69, 9.17) is 0 Å². The SMILES string of the molecule is CC(C)CC1CNC(C)(C2CC2)CN1CCc1cccs1. The zero-order valence-corrected chi connectivity index (χ0v) is 14.6. The maximum absolute atomic E-state index is 3.90. The monoisotopic (exact) mass is 306 g/mol. The Morgan fingerprint density at radius 1 is 1.43 bits per heavy atom. The topological polar surface area (TPSA) is 15.3 Å². The van der Waals surface area contributed by atoms with Crippen LogP contribution in [0.25, 0.3) is 0 Å². The summed E-state index contributed by atoms with van der Waals surface area (Å²) in [6, 6.07) is 5.18. The van der Waals surface area contributed by atoms with E-state index in [1.54, 1.807) is 0 Å². The van der Waals surface area contributed by atoms with Crippen molar-refractivity contribution in [1.82, 2.24) is 10.2 Å². The van der Waals surface area contributed by atoms with Crippen LogP contribution in [0.15, 0.2) is 17.5 Å². The number of thiophene rings is 1. The third-order valence-corrected chi connectivity index (χ3v) is 6.17. The molecule has 21 heavy (non-hydrogen) atoms. The molecule has 1 aliphatic carbocycles. The van der Waals surface area contributed by atoms with Gasteiger partial charge in [-0.15, -0.1) is 11.3 Å². The molecule has 2 nitrogen and oxygen atoms in total. The van der Waals surface area contributed by atoms with Gasteiger partial charge in [0.2, 0.25) is 0 Å². The van der Waals surface area contributed by atoms with Crippen LogP contribution in [0, 0.1) is 11.8 Å². The van der Waals surface area contributed by atoms with Crippen LogP contribution in [0.1, 0.15) is 44.9 Å². The standard InChI is InChI=1S/C18H30N2S/c1-14(2)11-16-12-19-18(3,15-6-7-15)13-20(16)9-8-17-5-4-10-21-17/h4-5,10,14-16,19H,6-9,11-13H2,1-3H3. The Balaban J connectivity index is 1.63. The van der Waals surface area contributed by atoms with Crippen molar-refractivity contribution in [1.29, 1.82) is 0 Å².